The Balaban J connectivity index is 1.85. The first-order valence-electron chi connectivity index (χ1n) is 8.47. The van der Waals surface area contributed by atoms with E-state index in [0.29, 0.717) is 22.2 Å². The molecule has 0 aliphatic carbocycles. The maximum atomic E-state index is 12.7. The number of thiocarbonyl (C=S) groups is 1. The highest BCUT2D eigenvalue weighted by atomic mass is 32.2. The zero-order chi connectivity index (χ0) is 19.6. The molecule has 8 heteroatoms. The van der Waals surface area contributed by atoms with Gasteiger partial charge in [-0.25, -0.2) is 4.68 Å². The molecule has 1 N–H and O–H groups in total. The number of aliphatic carboxylic acids is 1. The summed E-state index contributed by atoms with van der Waals surface area (Å²) in [7, 11) is 0. The quantitative estimate of drug-likeness (QED) is 0.589. The van der Waals surface area contributed by atoms with Crippen molar-refractivity contribution in [2.24, 2.45) is 0 Å². The van der Waals surface area contributed by atoms with E-state index in [1.807, 2.05) is 54.9 Å². The number of benzene rings is 1. The molecular weight excluding hydrogens is 382 g/mol. The number of carbonyl (C=O) groups is 2. The number of carboxylic acid groups (broad SMARTS) is 1. The zero-order valence-corrected chi connectivity index (χ0v) is 16.6. The fourth-order valence-electron chi connectivity index (χ4n) is 2.90. The van der Waals surface area contributed by atoms with Gasteiger partial charge in [-0.3, -0.25) is 14.5 Å². The summed E-state index contributed by atoms with van der Waals surface area (Å²) in [5.74, 6) is -1.06. The highest BCUT2D eigenvalue weighted by Gasteiger charge is 2.32. The van der Waals surface area contributed by atoms with E-state index < -0.39 is 5.97 Å². The second-order valence-corrected chi connectivity index (χ2v) is 7.84. The van der Waals surface area contributed by atoms with Crippen LogP contribution in [0.15, 0.2) is 35.2 Å². The third-order valence-corrected chi connectivity index (χ3v) is 5.65. The average Bonchev–Trinajstić information content (AvgIpc) is 3.07. The summed E-state index contributed by atoms with van der Waals surface area (Å²) in [4.78, 5) is 25.4. The van der Waals surface area contributed by atoms with Crippen LogP contribution < -0.4 is 0 Å². The Morgan fingerprint density at radius 3 is 2.67 bits per heavy atom. The minimum absolute atomic E-state index is 0.0121. The maximum absolute atomic E-state index is 12.7. The number of hydrogen-bond acceptors (Lipinski definition) is 5. The summed E-state index contributed by atoms with van der Waals surface area (Å²) in [6.07, 6.45) is 2.21. The van der Waals surface area contributed by atoms with Crippen molar-refractivity contribution in [2.45, 2.75) is 26.7 Å². The Labute approximate surface area is 166 Å². The van der Waals surface area contributed by atoms with E-state index in [2.05, 4.69) is 5.10 Å². The molecule has 6 nitrogen and oxygen atoms in total. The second kappa shape index (κ2) is 8.06. The van der Waals surface area contributed by atoms with E-state index in [-0.39, 0.29) is 12.3 Å². The van der Waals surface area contributed by atoms with Gasteiger partial charge in [0.25, 0.3) is 5.91 Å². The number of para-hydroxylation sites is 1. The lowest BCUT2D eigenvalue weighted by molar-refractivity contribution is -0.137. The van der Waals surface area contributed by atoms with E-state index in [4.69, 9.17) is 17.3 Å². The summed E-state index contributed by atoms with van der Waals surface area (Å²) < 4.78 is 2.32. The van der Waals surface area contributed by atoms with Crippen molar-refractivity contribution < 1.29 is 14.7 Å². The smallest absolute Gasteiger partial charge is 0.303 e. The highest BCUT2D eigenvalue weighted by Crippen LogP contribution is 2.34. The summed E-state index contributed by atoms with van der Waals surface area (Å²) in [5.41, 5.74) is 3.62. The van der Waals surface area contributed by atoms with E-state index in [0.717, 1.165) is 22.6 Å². The van der Waals surface area contributed by atoms with Gasteiger partial charge in [0.2, 0.25) is 0 Å². The Bertz CT molecular complexity index is 935. The largest absolute Gasteiger partial charge is 0.481 e. The molecule has 1 aromatic carbocycles. The van der Waals surface area contributed by atoms with Gasteiger partial charge in [-0.15, -0.1) is 0 Å². The van der Waals surface area contributed by atoms with Gasteiger partial charge < -0.3 is 5.11 Å². The van der Waals surface area contributed by atoms with Crippen LogP contribution in [0, 0.1) is 13.8 Å². The summed E-state index contributed by atoms with van der Waals surface area (Å²) in [6.45, 7) is 4.19. The molecule has 1 aliphatic rings. The first-order valence-corrected chi connectivity index (χ1v) is 9.69. The fraction of sp³-hybridized carbons (Fsp3) is 0.263. The Hall–Kier alpha value is -2.45. The first-order chi connectivity index (χ1) is 12.9. The number of hydrogen-bond donors (Lipinski definition) is 1. The number of aryl methyl sites for hydroxylation is 1. The highest BCUT2D eigenvalue weighted by molar-refractivity contribution is 8.26. The first kappa shape index (κ1) is 19.3. The molecule has 27 heavy (non-hydrogen) atoms. The molecule has 1 aromatic heterocycles. The molecule has 2 aromatic rings. The van der Waals surface area contributed by atoms with Crippen LogP contribution in [0.1, 0.15) is 29.8 Å². The molecule has 0 atom stereocenters. The Morgan fingerprint density at radius 2 is 2.00 bits per heavy atom. The summed E-state index contributed by atoms with van der Waals surface area (Å²) >= 11 is 6.54. The molecule has 3 rings (SSSR count). The predicted octanol–water partition coefficient (Wildman–Crippen LogP) is 3.56. The van der Waals surface area contributed by atoms with Gasteiger partial charge in [0.05, 0.1) is 16.3 Å². The summed E-state index contributed by atoms with van der Waals surface area (Å²) in [6, 6.07) is 9.81. The van der Waals surface area contributed by atoms with Crippen LogP contribution in [0.2, 0.25) is 0 Å². The lowest BCUT2D eigenvalue weighted by atomic mass is 10.1. The number of carbonyl (C=O) groups excluding carboxylic acids is 1. The topological polar surface area (TPSA) is 75.4 Å². The normalized spacial score (nSPS) is 15.8. The van der Waals surface area contributed by atoms with Gasteiger partial charge in [-0.05, 0) is 38.5 Å². The predicted molar refractivity (Wildman–Crippen MR) is 110 cm³/mol. The van der Waals surface area contributed by atoms with Gasteiger partial charge in [0.1, 0.15) is 4.32 Å². The van der Waals surface area contributed by atoms with Gasteiger partial charge in [-0.2, -0.15) is 5.10 Å². The zero-order valence-electron chi connectivity index (χ0n) is 15.0. The van der Waals surface area contributed by atoms with Crippen LogP contribution in [-0.4, -0.2) is 42.5 Å². The molecular formula is C19H19N3O3S2. The van der Waals surface area contributed by atoms with E-state index in [9.17, 15) is 9.59 Å². The van der Waals surface area contributed by atoms with E-state index in [1.165, 1.54) is 16.7 Å². The number of thioether (sulfide) groups is 1. The Morgan fingerprint density at radius 1 is 1.30 bits per heavy atom. The number of rotatable bonds is 6. The van der Waals surface area contributed by atoms with Crippen LogP contribution in [-0.2, 0) is 9.59 Å². The third-order valence-electron chi connectivity index (χ3n) is 4.27. The standard InChI is InChI=1S/C19H19N3O3S2/c1-12-15(13(2)22(20-12)14-7-4-3-5-8-14)11-16-18(25)21(19(26)27-16)10-6-9-17(23)24/h3-5,7-8,11H,6,9-10H2,1-2H3,(H,23,24). The van der Waals surface area contributed by atoms with Crippen molar-refractivity contribution in [3.8, 4) is 5.69 Å². The molecule has 1 saturated heterocycles. The van der Waals surface area contributed by atoms with Crippen LogP contribution in [0.3, 0.4) is 0 Å². The molecule has 140 valence electrons. The number of amides is 1. The SMILES string of the molecule is Cc1nn(-c2ccccc2)c(C)c1C=C1SC(=S)N(CCCC(=O)O)C1=O. The molecule has 1 amide bonds. The minimum atomic E-state index is -0.879. The molecule has 2 heterocycles. The lowest BCUT2D eigenvalue weighted by Gasteiger charge is -2.13. The number of nitrogens with zero attached hydrogens (tertiary/aromatic N) is 3. The minimum Gasteiger partial charge on any atom is -0.481 e. The van der Waals surface area contributed by atoms with Gasteiger partial charge in [0.15, 0.2) is 0 Å². The van der Waals surface area contributed by atoms with Crippen molar-refractivity contribution in [3.63, 3.8) is 0 Å². The van der Waals surface area contributed by atoms with Crippen LogP contribution >= 0.6 is 24.0 Å². The molecule has 0 unspecified atom stereocenters. The monoisotopic (exact) mass is 401 g/mol. The van der Waals surface area contributed by atoms with Gasteiger partial charge in [0, 0.05) is 24.2 Å². The van der Waals surface area contributed by atoms with Crippen molar-refractivity contribution in [2.75, 3.05) is 6.54 Å². The van der Waals surface area contributed by atoms with E-state index >= 15 is 0 Å². The fourth-order valence-corrected chi connectivity index (χ4v) is 4.19. The van der Waals surface area contributed by atoms with Crippen molar-refractivity contribution in [1.29, 1.82) is 0 Å². The van der Waals surface area contributed by atoms with Crippen LogP contribution in [0.5, 0.6) is 0 Å². The van der Waals surface area contributed by atoms with Crippen molar-refractivity contribution in [3.05, 3.63) is 52.2 Å². The van der Waals surface area contributed by atoms with Crippen LogP contribution in [0.4, 0.5) is 0 Å². The second-order valence-electron chi connectivity index (χ2n) is 6.16. The lowest BCUT2D eigenvalue weighted by Crippen LogP contribution is -2.29. The van der Waals surface area contributed by atoms with E-state index in [1.54, 1.807) is 0 Å². The van der Waals surface area contributed by atoms with Crippen molar-refractivity contribution in [1.82, 2.24) is 14.7 Å². The molecule has 1 aliphatic heterocycles. The maximum Gasteiger partial charge on any atom is 0.303 e. The number of aromatic nitrogens is 2. The summed E-state index contributed by atoms with van der Waals surface area (Å²) in [5, 5.41) is 13.4. The molecule has 0 saturated carbocycles. The van der Waals surface area contributed by atoms with Gasteiger partial charge >= 0.3 is 5.97 Å². The molecule has 0 spiro atoms. The molecule has 0 bridgehead atoms. The number of carboxylic acids is 1. The van der Waals surface area contributed by atoms with Gasteiger partial charge in [-0.1, -0.05) is 42.2 Å². The third kappa shape index (κ3) is 4.12. The van der Waals surface area contributed by atoms with Crippen molar-refractivity contribution >= 4 is 46.3 Å². The van der Waals surface area contributed by atoms with Crippen LogP contribution in [0.25, 0.3) is 11.8 Å². The molecule has 0 radical (unpaired) electrons. The Kier molecular flexibility index (Phi) is 5.76. The molecule has 1 fully saturated rings. The average molecular weight is 402 g/mol.